The summed E-state index contributed by atoms with van der Waals surface area (Å²) >= 11 is 3.00. The predicted molar refractivity (Wildman–Crippen MR) is 82.0 cm³/mol. The third kappa shape index (κ3) is 4.87. The molecule has 1 saturated heterocycles. The summed E-state index contributed by atoms with van der Waals surface area (Å²) in [6.07, 6.45) is -0.642. The Labute approximate surface area is 137 Å². The van der Waals surface area contributed by atoms with Crippen molar-refractivity contribution in [1.82, 2.24) is 4.90 Å². The van der Waals surface area contributed by atoms with E-state index < -0.39 is 23.5 Å². The summed E-state index contributed by atoms with van der Waals surface area (Å²) in [5.74, 6) is -2.06. The SMILES string of the molecule is C[C@@H]1CN(C[C@H](O)COc2c(F)cc(Br)cc2F)C[C@H](C)O1. The van der Waals surface area contributed by atoms with E-state index in [1.54, 1.807) is 0 Å². The smallest absolute Gasteiger partial charge is 0.190 e. The molecule has 0 saturated carbocycles. The van der Waals surface area contributed by atoms with Gasteiger partial charge in [-0.3, -0.25) is 4.90 Å². The van der Waals surface area contributed by atoms with Crippen molar-refractivity contribution in [2.75, 3.05) is 26.2 Å². The molecule has 0 radical (unpaired) electrons. The fourth-order valence-corrected chi connectivity index (χ4v) is 3.03. The van der Waals surface area contributed by atoms with Crippen molar-refractivity contribution in [1.29, 1.82) is 0 Å². The van der Waals surface area contributed by atoms with E-state index in [1.807, 2.05) is 13.8 Å². The molecule has 3 atom stereocenters. The third-order valence-corrected chi connectivity index (χ3v) is 3.81. The van der Waals surface area contributed by atoms with Crippen molar-refractivity contribution < 1.29 is 23.4 Å². The molecule has 1 heterocycles. The van der Waals surface area contributed by atoms with E-state index in [9.17, 15) is 13.9 Å². The van der Waals surface area contributed by atoms with Crippen molar-refractivity contribution in [2.45, 2.75) is 32.2 Å². The first-order valence-corrected chi connectivity index (χ1v) is 7.97. The molecule has 0 aromatic heterocycles. The molecule has 0 amide bonds. The second-order valence-electron chi connectivity index (χ2n) is 5.64. The van der Waals surface area contributed by atoms with Gasteiger partial charge < -0.3 is 14.6 Å². The summed E-state index contributed by atoms with van der Waals surface area (Å²) in [5, 5.41) is 10.0. The van der Waals surface area contributed by atoms with Gasteiger partial charge in [0.25, 0.3) is 0 Å². The number of nitrogens with zero attached hydrogens (tertiary/aromatic N) is 1. The Hall–Kier alpha value is -0.760. The average molecular weight is 380 g/mol. The number of benzene rings is 1. The number of hydrogen-bond acceptors (Lipinski definition) is 4. The lowest BCUT2D eigenvalue weighted by Crippen LogP contribution is -2.48. The van der Waals surface area contributed by atoms with E-state index in [2.05, 4.69) is 20.8 Å². The van der Waals surface area contributed by atoms with E-state index in [4.69, 9.17) is 9.47 Å². The molecule has 1 fully saturated rings. The van der Waals surface area contributed by atoms with Gasteiger partial charge in [0.05, 0.1) is 12.2 Å². The summed E-state index contributed by atoms with van der Waals surface area (Å²) in [5.41, 5.74) is 0. The minimum Gasteiger partial charge on any atom is -0.485 e. The van der Waals surface area contributed by atoms with Crippen LogP contribution in [0.15, 0.2) is 16.6 Å². The molecule has 124 valence electrons. The van der Waals surface area contributed by atoms with Crippen LogP contribution in [0.25, 0.3) is 0 Å². The topological polar surface area (TPSA) is 41.9 Å². The van der Waals surface area contributed by atoms with Gasteiger partial charge in [-0.1, -0.05) is 15.9 Å². The molecule has 0 bridgehead atoms. The Balaban J connectivity index is 1.86. The zero-order valence-corrected chi connectivity index (χ0v) is 14.1. The number of morpholine rings is 1. The van der Waals surface area contributed by atoms with Gasteiger partial charge in [0.2, 0.25) is 0 Å². The Morgan fingerprint density at radius 1 is 1.32 bits per heavy atom. The van der Waals surface area contributed by atoms with Crippen LogP contribution in [0.4, 0.5) is 8.78 Å². The zero-order valence-electron chi connectivity index (χ0n) is 12.6. The van der Waals surface area contributed by atoms with Crippen LogP contribution in [0.3, 0.4) is 0 Å². The van der Waals surface area contributed by atoms with Crippen LogP contribution in [0.5, 0.6) is 5.75 Å². The first kappa shape index (κ1) is 17.6. The summed E-state index contributed by atoms with van der Waals surface area (Å²) in [6.45, 7) is 5.56. The summed E-state index contributed by atoms with van der Waals surface area (Å²) < 4.78 is 38.2. The van der Waals surface area contributed by atoms with E-state index in [0.717, 1.165) is 12.1 Å². The van der Waals surface area contributed by atoms with Gasteiger partial charge >= 0.3 is 0 Å². The Morgan fingerprint density at radius 3 is 2.41 bits per heavy atom. The number of halogens is 3. The third-order valence-electron chi connectivity index (χ3n) is 3.35. The molecular formula is C15H20BrF2NO3. The summed E-state index contributed by atoms with van der Waals surface area (Å²) in [6, 6.07) is 2.24. The van der Waals surface area contributed by atoms with Crippen molar-refractivity contribution in [3.63, 3.8) is 0 Å². The number of β-amino-alcohol motifs (C(OH)–C–C–N with tert-alkyl or cyclic N) is 1. The fourth-order valence-electron chi connectivity index (χ4n) is 2.63. The first-order chi connectivity index (χ1) is 10.3. The van der Waals surface area contributed by atoms with E-state index in [1.165, 1.54) is 0 Å². The van der Waals surface area contributed by atoms with E-state index >= 15 is 0 Å². The number of rotatable bonds is 5. The lowest BCUT2D eigenvalue weighted by Gasteiger charge is -2.36. The Kier molecular flexibility index (Phi) is 6.14. The average Bonchev–Trinajstić information content (AvgIpc) is 2.35. The standard InChI is InChI=1S/C15H20BrF2NO3/c1-9-5-19(6-10(2)22-9)7-12(20)8-21-15-13(17)3-11(16)4-14(15)18/h3-4,9-10,12,20H,5-8H2,1-2H3/t9-,10+,12-/m0/s1. The predicted octanol–water partition coefficient (Wildman–Crippen LogP) is 2.58. The highest BCUT2D eigenvalue weighted by atomic mass is 79.9. The summed E-state index contributed by atoms with van der Waals surface area (Å²) in [7, 11) is 0. The van der Waals surface area contributed by atoms with Gasteiger partial charge in [-0.2, -0.15) is 0 Å². The molecule has 4 nitrogen and oxygen atoms in total. The molecule has 7 heteroatoms. The van der Waals surface area contributed by atoms with Crippen molar-refractivity contribution >= 4 is 15.9 Å². The molecule has 1 aromatic rings. The number of aliphatic hydroxyl groups is 1. The van der Waals surface area contributed by atoms with E-state index in [-0.39, 0.29) is 18.8 Å². The normalized spacial score (nSPS) is 24.3. The highest BCUT2D eigenvalue weighted by Crippen LogP contribution is 2.26. The number of aliphatic hydroxyl groups excluding tert-OH is 1. The number of hydrogen-bond donors (Lipinski definition) is 1. The molecule has 1 aliphatic heterocycles. The van der Waals surface area contributed by atoms with Crippen LogP contribution in [0.2, 0.25) is 0 Å². The van der Waals surface area contributed by atoms with Gasteiger partial charge in [0.1, 0.15) is 12.7 Å². The Bertz CT molecular complexity index is 485. The second kappa shape index (κ2) is 7.68. The van der Waals surface area contributed by atoms with Crippen LogP contribution >= 0.6 is 15.9 Å². The van der Waals surface area contributed by atoms with Crippen molar-refractivity contribution in [3.8, 4) is 5.75 Å². The molecule has 22 heavy (non-hydrogen) atoms. The van der Waals surface area contributed by atoms with Crippen LogP contribution < -0.4 is 4.74 Å². The van der Waals surface area contributed by atoms with Crippen LogP contribution in [-0.2, 0) is 4.74 Å². The fraction of sp³-hybridized carbons (Fsp3) is 0.600. The quantitative estimate of drug-likeness (QED) is 0.853. The molecule has 1 aliphatic rings. The molecule has 1 aromatic carbocycles. The largest absolute Gasteiger partial charge is 0.485 e. The van der Waals surface area contributed by atoms with Gasteiger partial charge in [-0.05, 0) is 26.0 Å². The van der Waals surface area contributed by atoms with Gasteiger partial charge in [-0.25, -0.2) is 8.78 Å². The second-order valence-corrected chi connectivity index (χ2v) is 6.55. The molecule has 2 rings (SSSR count). The monoisotopic (exact) mass is 379 g/mol. The molecule has 1 N–H and O–H groups in total. The molecule has 0 aliphatic carbocycles. The maximum atomic E-state index is 13.6. The zero-order chi connectivity index (χ0) is 16.3. The molecular weight excluding hydrogens is 360 g/mol. The van der Waals surface area contributed by atoms with Crippen LogP contribution in [-0.4, -0.2) is 54.6 Å². The van der Waals surface area contributed by atoms with Gasteiger partial charge in [-0.15, -0.1) is 0 Å². The minimum absolute atomic E-state index is 0.0956. The van der Waals surface area contributed by atoms with Crippen LogP contribution in [0.1, 0.15) is 13.8 Å². The number of ether oxygens (including phenoxy) is 2. The lowest BCUT2D eigenvalue weighted by atomic mass is 10.2. The maximum Gasteiger partial charge on any atom is 0.190 e. The Morgan fingerprint density at radius 2 is 1.86 bits per heavy atom. The van der Waals surface area contributed by atoms with Crippen LogP contribution in [0, 0.1) is 11.6 Å². The van der Waals surface area contributed by atoms with E-state index in [0.29, 0.717) is 24.1 Å². The molecule has 0 unspecified atom stereocenters. The van der Waals surface area contributed by atoms with Gasteiger partial charge in [0.15, 0.2) is 17.4 Å². The van der Waals surface area contributed by atoms with Gasteiger partial charge in [0, 0.05) is 24.1 Å². The highest BCUT2D eigenvalue weighted by Gasteiger charge is 2.24. The van der Waals surface area contributed by atoms with Crippen molar-refractivity contribution in [3.05, 3.63) is 28.2 Å². The first-order valence-electron chi connectivity index (χ1n) is 7.18. The lowest BCUT2D eigenvalue weighted by molar-refractivity contribution is -0.0787. The molecule has 0 spiro atoms. The van der Waals surface area contributed by atoms with Crippen molar-refractivity contribution in [2.24, 2.45) is 0 Å². The maximum absolute atomic E-state index is 13.6. The summed E-state index contributed by atoms with van der Waals surface area (Å²) in [4.78, 5) is 2.06. The highest BCUT2D eigenvalue weighted by molar-refractivity contribution is 9.10. The minimum atomic E-state index is -0.833.